The summed E-state index contributed by atoms with van der Waals surface area (Å²) in [6, 6.07) is 14.7. The summed E-state index contributed by atoms with van der Waals surface area (Å²) in [5.41, 5.74) is 2.03. The molecule has 0 N–H and O–H groups in total. The van der Waals surface area contributed by atoms with Crippen LogP contribution in [0.4, 0.5) is 5.69 Å². The highest BCUT2D eigenvalue weighted by molar-refractivity contribution is 5.98. The zero-order valence-corrected chi connectivity index (χ0v) is 15.5. The molecule has 0 aliphatic carbocycles. The third-order valence-corrected chi connectivity index (χ3v) is 4.45. The molecule has 0 spiro atoms. The van der Waals surface area contributed by atoms with E-state index in [1.807, 2.05) is 24.3 Å². The normalized spacial score (nSPS) is 14.1. The SMILES string of the molecule is COc1ccc(OCC(=O)OC(C)C(=O)N2CCCc3ccccc32)cc1. The number of hydrogen-bond donors (Lipinski definition) is 0. The number of aryl methyl sites for hydroxylation is 1. The van der Waals surface area contributed by atoms with Gasteiger partial charge >= 0.3 is 5.97 Å². The first-order valence-corrected chi connectivity index (χ1v) is 8.94. The van der Waals surface area contributed by atoms with Crippen molar-refractivity contribution in [3.63, 3.8) is 0 Å². The number of methoxy groups -OCH3 is 1. The lowest BCUT2D eigenvalue weighted by molar-refractivity contribution is -0.155. The zero-order valence-electron chi connectivity index (χ0n) is 15.5. The molecule has 0 saturated carbocycles. The smallest absolute Gasteiger partial charge is 0.344 e. The lowest BCUT2D eigenvalue weighted by atomic mass is 10.0. The van der Waals surface area contributed by atoms with Crippen LogP contribution in [0.2, 0.25) is 0 Å². The first kappa shape index (κ1) is 18.8. The van der Waals surface area contributed by atoms with E-state index in [0.717, 1.165) is 24.1 Å². The highest BCUT2D eigenvalue weighted by Gasteiger charge is 2.28. The van der Waals surface area contributed by atoms with Crippen LogP contribution >= 0.6 is 0 Å². The molecule has 2 aromatic rings. The minimum Gasteiger partial charge on any atom is -0.497 e. The Labute approximate surface area is 158 Å². The fourth-order valence-corrected chi connectivity index (χ4v) is 3.08. The predicted molar refractivity (Wildman–Crippen MR) is 101 cm³/mol. The molecule has 1 amide bonds. The molecule has 6 nitrogen and oxygen atoms in total. The summed E-state index contributed by atoms with van der Waals surface area (Å²) in [6.07, 6.45) is 0.969. The summed E-state index contributed by atoms with van der Waals surface area (Å²) in [5.74, 6) is 0.416. The zero-order chi connectivity index (χ0) is 19.2. The van der Waals surface area contributed by atoms with E-state index in [2.05, 4.69) is 0 Å². The molecule has 27 heavy (non-hydrogen) atoms. The summed E-state index contributed by atoms with van der Waals surface area (Å²) in [6.45, 7) is 1.95. The van der Waals surface area contributed by atoms with E-state index in [4.69, 9.17) is 14.2 Å². The molecule has 0 aromatic heterocycles. The molecule has 142 valence electrons. The van der Waals surface area contributed by atoms with Crippen LogP contribution in [-0.2, 0) is 20.7 Å². The van der Waals surface area contributed by atoms with Crippen molar-refractivity contribution < 1.29 is 23.8 Å². The van der Waals surface area contributed by atoms with Crippen molar-refractivity contribution in [2.75, 3.05) is 25.2 Å². The van der Waals surface area contributed by atoms with Crippen molar-refractivity contribution in [2.24, 2.45) is 0 Å². The summed E-state index contributed by atoms with van der Waals surface area (Å²) in [5, 5.41) is 0. The molecule has 3 rings (SSSR count). The number of esters is 1. The Hall–Kier alpha value is -3.02. The average molecular weight is 369 g/mol. The third-order valence-electron chi connectivity index (χ3n) is 4.45. The van der Waals surface area contributed by atoms with Gasteiger partial charge in [0.1, 0.15) is 11.5 Å². The van der Waals surface area contributed by atoms with Gasteiger partial charge in [-0.1, -0.05) is 18.2 Å². The number of carbonyl (C=O) groups excluding carboxylic acids is 2. The van der Waals surface area contributed by atoms with E-state index in [9.17, 15) is 9.59 Å². The number of fused-ring (bicyclic) bond motifs is 1. The van der Waals surface area contributed by atoms with Crippen LogP contribution in [-0.4, -0.2) is 38.2 Å². The number of amides is 1. The first-order valence-electron chi connectivity index (χ1n) is 8.94. The summed E-state index contributed by atoms with van der Waals surface area (Å²) < 4.78 is 15.7. The molecule has 1 heterocycles. The van der Waals surface area contributed by atoms with Gasteiger partial charge in [-0.15, -0.1) is 0 Å². The molecular formula is C21H23NO5. The summed E-state index contributed by atoms with van der Waals surface area (Å²) in [4.78, 5) is 26.5. The van der Waals surface area contributed by atoms with Gasteiger partial charge in [0.05, 0.1) is 7.11 Å². The monoisotopic (exact) mass is 369 g/mol. The molecule has 1 aliphatic rings. The van der Waals surface area contributed by atoms with Gasteiger partial charge in [0, 0.05) is 12.2 Å². The molecule has 1 atom stereocenters. The predicted octanol–water partition coefficient (Wildman–Crippen LogP) is 2.99. The Morgan fingerprint density at radius 1 is 1.07 bits per heavy atom. The number of benzene rings is 2. The van der Waals surface area contributed by atoms with Crippen LogP contribution in [0.25, 0.3) is 0 Å². The molecule has 1 unspecified atom stereocenters. The van der Waals surface area contributed by atoms with Gasteiger partial charge in [-0.25, -0.2) is 4.79 Å². The number of carbonyl (C=O) groups is 2. The Balaban J connectivity index is 1.54. The van der Waals surface area contributed by atoms with E-state index in [1.54, 1.807) is 43.2 Å². The number of para-hydroxylation sites is 1. The Kier molecular flexibility index (Phi) is 5.96. The number of ether oxygens (including phenoxy) is 3. The van der Waals surface area contributed by atoms with Gasteiger partial charge in [-0.3, -0.25) is 4.79 Å². The second kappa shape index (κ2) is 8.58. The summed E-state index contributed by atoms with van der Waals surface area (Å²) in [7, 11) is 1.58. The maximum atomic E-state index is 12.7. The van der Waals surface area contributed by atoms with Crippen LogP contribution in [0, 0.1) is 0 Å². The molecule has 0 fully saturated rings. The Morgan fingerprint density at radius 3 is 2.52 bits per heavy atom. The van der Waals surface area contributed by atoms with Crippen molar-refractivity contribution in [2.45, 2.75) is 25.9 Å². The standard InChI is InChI=1S/C21H23NO5/c1-15(21(24)22-13-5-7-16-6-3-4-8-19(16)22)27-20(23)14-26-18-11-9-17(25-2)10-12-18/h3-4,6,8-12,15H,5,7,13-14H2,1-2H3. The van der Waals surface area contributed by atoms with Crippen molar-refractivity contribution in [1.82, 2.24) is 0 Å². The van der Waals surface area contributed by atoms with Gasteiger partial charge in [-0.2, -0.15) is 0 Å². The molecular weight excluding hydrogens is 346 g/mol. The van der Waals surface area contributed by atoms with E-state index in [1.165, 1.54) is 0 Å². The highest BCUT2D eigenvalue weighted by Crippen LogP contribution is 2.27. The first-order chi connectivity index (χ1) is 13.1. The fraction of sp³-hybridized carbons (Fsp3) is 0.333. The topological polar surface area (TPSA) is 65.1 Å². The maximum Gasteiger partial charge on any atom is 0.344 e. The quantitative estimate of drug-likeness (QED) is 0.733. The second-order valence-corrected chi connectivity index (χ2v) is 6.32. The number of hydrogen-bond acceptors (Lipinski definition) is 5. The summed E-state index contributed by atoms with van der Waals surface area (Å²) >= 11 is 0. The van der Waals surface area contributed by atoms with Gasteiger partial charge in [0.2, 0.25) is 0 Å². The van der Waals surface area contributed by atoms with E-state index in [-0.39, 0.29) is 12.5 Å². The molecule has 2 aromatic carbocycles. The van der Waals surface area contributed by atoms with E-state index >= 15 is 0 Å². The van der Waals surface area contributed by atoms with Gasteiger partial charge in [0.25, 0.3) is 5.91 Å². The Bertz CT molecular complexity index is 802. The van der Waals surface area contributed by atoms with Crippen LogP contribution in [0.15, 0.2) is 48.5 Å². The number of nitrogens with zero attached hydrogens (tertiary/aromatic N) is 1. The van der Waals surface area contributed by atoms with E-state index < -0.39 is 12.1 Å². The van der Waals surface area contributed by atoms with Gasteiger partial charge < -0.3 is 19.1 Å². The van der Waals surface area contributed by atoms with Crippen molar-refractivity contribution in [3.8, 4) is 11.5 Å². The minimum atomic E-state index is -0.872. The van der Waals surface area contributed by atoms with Crippen molar-refractivity contribution >= 4 is 17.6 Å². The molecule has 6 heteroatoms. The van der Waals surface area contributed by atoms with Crippen molar-refractivity contribution in [3.05, 3.63) is 54.1 Å². The third kappa shape index (κ3) is 4.58. The number of anilines is 1. The highest BCUT2D eigenvalue weighted by atomic mass is 16.6. The van der Waals surface area contributed by atoms with Crippen LogP contribution < -0.4 is 14.4 Å². The molecule has 0 radical (unpaired) electrons. The number of rotatable bonds is 6. The lowest BCUT2D eigenvalue weighted by Gasteiger charge is -2.31. The van der Waals surface area contributed by atoms with E-state index in [0.29, 0.717) is 18.0 Å². The second-order valence-electron chi connectivity index (χ2n) is 6.32. The molecule has 0 saturated heterocycles. The Morgan fingerprint density at radius 2 is 1.78 bits per heavy atom. The van der Waals surface area contributed by atoms with Gasteiger partial charge in [-0.05, 0) is 55.7 Å². The van der Waals surface area contributed by atoms with Crippen LogP contribution in [0.1, 0.15) is 18.9 Å². The fourth-order valence-electron chi connectivity index (χ4n) is 3.08. The maximum absolute atomic E-state index is 12.7. The molecule has 1 aliphatic heterocycles. The van der Waals surface area contributed by atoms with Gasteiger partial charge in [0.15, 0.2) is 12.7 Å². The lowest BCUT2D eigenvalue weighted by Crippen LogP contribution is -2.43. The molecule has 0 bridgehead atoms. The van der Waals surface area contributed by atoms with Crippen LogP contribution in [0.5, 0.6) is 11.5 Å². The van der Waals surface area contributed by atoms with Crippen molar-refractivity contribution in [1.29, 1.82) is 0 Å². The van der Waals surface area contributed by atoms with Crippen LogP contribution in [0.3, 0.4) is 0 Å². The minimum absolute atomic E-state index is 0.222. The average Bonchev–Trinajstić information content (AvgIpc) is 2.71. The largest absolute Gasteiger partial charge is 0.497 e.